The number of hydrazine groups is 1. The molecule has 0 unspecified atom stereocenters. The summed E-state index contributed by atoms with van der Waals surface area (Å²) in [5, 5.41) is 5.55. The second-order valence-electron chi connectivity index (χ2n) is 5.34. The molecule has 0 aliphatic heterocycles. The zero-order chi connectivity index (χ0) is 16.9. The number of hydrogen-bond donors (Lipinski definition) is 3. The summed E-state index contributed by atoms with van der Waals surface area (Å²) >= 11 is 1.65. The van der Waals surface area contributed by atoms with Crippen molar-refractivity contribution in [2.24, 2.45) is 7.05 Å². The fourth-order valence-electron chi connectivity index (χ4n) is 2.50. The Bertz CT molecular complexity index is 855. The summed E-state index contributed by atoms with van der Waals surface area (Å²) in [4.78, 5) is 25.2. The van der Waals surface area contributed by atoms with E-state index in [1.54, 1.807) is 17.5 Å². The number of benzene rings is 1. The van der Waals surface area contributed by atoms with Gasteiger partial charge < -0.3 is 9.88 Å². The highest BCUT2D eigenvalue weighted by Gasteiger charge is 2.13. The van der Waals surface area contributed by atoms with E-state index in [1.807, 2.05) is 53.4 Å². The first kappa shape index (κ1) is 16.1. The zero-order valence-corrected chi connectivity index (χ0v) is 14.0. The molecule has 2 heterocycles. The number of carbonyl (C=O) groups excluding carboxylic acids is 2. The molecule has 3 amide bonds. The maximum absolute atomic E-state index is 12.3. The Balaban J connectivity index is 1.52. The van der Waals surface area contributed by atoms with E-state index in [0.717, 1.165) is 17.3 Å². The third-order valence-corrected chi connectivity index (χ3v) is 4.60. The molecule has 7 heteroatoms. The molecule has 3 aromatic rings. The van der Waals surface area contributed by atoms with Gasteiger partial charge in [0.2, 0.25) is 0 Å². The molecule has 0 radical (unpaired) electrons. The predicted molar refractivity (Wildman–Crippen MR) is 94.9 cm³/mol. The van der Waals surface area contributed by atoms with Gasteiger partial charge in [-0.25, -0.2) is 10.2 Å². The fourth-order valence-corrected chi connectivity index (χ4v) is 3.21. The third kappa shape index (κ3) is 3.57. The summed E-state index contributed by atoms with van der Waals surface area (Å²) in [6, 6.07) is 11.2. The van der Waals surface area contributed by atoms with Gasteiger partial charge in [-0.15, -0.1) is 11.3 Å². The molecule has 1 aromatic carbocycles. The van der Waals surface area contributed by atoms with Crippen LogP contribution in [-0.2, 0) is 13.5 Å². The zero-order valence-electron chi connectivity index (χ0n) is 13.2. The summed E-state index contributed by atoms with van der Waals surface area (Å²) in [7, 11) is 1.88. The molecule has 0 aliphatic carbocycles. The molecular formula is C17H18N4O2S. The quantitative estimate of drug-likeness (QED) is 0.637. The first-order chi connectivity index (χ1) is 11.6. The van der Waals surface area contributed by atoms with E-state index in [9.17, 15) is 9.59 Å². The van der Waals surface area contributed by atoms with Crippen molar-refractivity contribution in [3.05, 3.63) is 58.4 Å². The molecule has 0 fully saturated rings. The lowest BCUT2D eigenvalue weighted by Gasteiger charge is -2.08. The van der Waals surface area contributed by atoms with Crippen LogP contribution in [0.3, 0.4) is 0 Å². The molecule has 0 bridgehead atoms. The monoisotopic (exact) mass is 342 g/mol. The van der Waals surface area contributed by atoms with Gasteiger partial charge in [0.15, 0.2) is 0 Å². The normalized spacial score (nSPS) is 10.5. The molecule has 0 aliphatic rings. The molecule has 124 valence electrons. The van der Waals surface area contributed by atoms with Crippen LogP contribution in [0, 0.1) is 0 Å². The number of thiophene rings is 1. The molecule has 6 nitrogen and oxygen atoms in total. The highest BCUT2D eigenvalue weighted by atomic mass is 32.1. The minimum absolute atomic E-state index is 0.347. The minimum atomic E-state index is -0.430. The van der Waals surface area contributed by atoms with Gasteiger partial charge >= 0.3 is 6.03 Å². The molecule has 2 aromatic heterocycles. The van der Waals surface area contributed by atoms with E-state index in [0.29, 0.717) is 12.1 Å². The van der Waals surface area contributed by atoms with Crippen LogP contribution in [0.25, 0.3) is 10.9 Å². The summed E-state index contributed by atoms with van der Waals surface area (Å²) in [6.07, 6.45) is 2.51. The van der Waals surface area contributed by atoms with Crippen LogP contribution in [0.4, 0.5) is 4.79 Å². The van der Waals surface area contributed by atoms with Gasteiger partial charge in [-0.2, -0.15) is 0 Å². The number of urea groups is 1. The highest BCUT2D eigenvalue weighted by molar-refractivity contribution is 7.09. The molecule has 3 rings (SSSR count). The molecule has 0 atom stereocenters. The van der Waals surface area contributed by atoms with Crippen LogP contribution in [0.2, 0.25) is 0 Å². The van der Waals surface area contributed by atoms with Crippen molar-refractivity contribution in [3.63, 3.8) is 0 Å². The van der Waals surface area contributed by atoms with Crippen LogP contribution >= 0.6 is 11.3 Å². The molecular weight excluding hydrogens is 324 g/mol. The van der Waals surface area contributed by atoms with Gasteiger partial charge in [-0.1, -0.05) is 24.3 Å². The number of amides is 3. The smallest absolute Gasteiger partial charge is 0.333 e. The number of nitrogens with zero attached hydrogens (tertiary/aromatic N) is 1. The highest BCUT2D eigenvalue weighted by Crippen LogP contribution is 2.19. The van der Waals surface area contributed by atoms with Crippen molar-refractivity contribution >= 4 is 34.2 Å². The first-order valence-electron chi connectivity index (χ1n) is 7.56. The van der Waals surface area contributed by atoms with Crippen molar-refractivity contribution in [3.8, 4) is 0 Å². The third-order valence-electron chi connectivity index (χ3n) is 3.67. The van der Waals surface area contributed by atoms with Crippen LogP contribution in [-0.4, -0.2) is 23.1 Å². The Kier molecular flexibility index (Phi) is 4.81. The number of fused-ring (bicyclic) bond motifs is 1. The first-order valence-corrected chi connectivity index (χ1v) is 8.44. The molecule has 0 saturated carbocycles. The van der Waals surface area contributed by atoms with Gasteiger partial charge in [-0.05, 0) is 23.9 Å². The Morgan fingerprint density at radius 2 is 1.96 bits per heavy atom. The van der Waals surface area contributed by atoms with Gasteiger partial charge in [0.25, 0.3) is 5.91 Å². The van der Waals surface area contributed by atoms with Gasteiger partial charge in [0.1, 0.15) is 0 Å². The number of nitrogens with one attached hydrogen (secondary N) is 3. The van der Waals surface area contributed by atoms with E-state index in [1.165, 1.54) is 4.88 Å². The fraction of sp³-hybridized carbons (Fsp3) is 0.176. The number of aryl methyl sites for hydroxylation is 1. The largest absolute Gasteiger partial charge is 0.350 e. The van der Waals surface area contributed by atoms with Gasteiger partial charge in [0.05, 0.1) is 5.56 Å². The number of carbonyl (C=O) groups is 2. The standard InChI is InChI=1S/C17H18N4O2S/c1-21-11-14(13-6-2-3-7-15(13)21)16(22)19-20-17(23)18-9-8-12-5-4-10-24-12/h2-7,10-11H,8-9H2,1H3,(H,19,22)(H2,18,20,23). The maximum atomic E-state index is 12.3. The summed E-state index contributed by atoms with van der Waals surface area (Å²) < 4.78 is 1.88. The Morgan fingerprint density at radius 3 is 2.75 bits per heavy atom. The Morgan fingerprint density at radius 1 is 1.12 bits per heavy atom. The summed E-state index contributed by atoms with van der Waals surface area (Å²) in [6.45, 7) is 0.510. The van der Waals surface area contributed by atoms with Crippen LogP contribution in [0.15, 0.2) is 48.0 Å². The van der Waals surface area contributed by atoms with E-state index >= 15 is 0 Å². The predicted octanol–water partition coefficient (Wildman–Crippen LogP) is 2.43. The lowest BCUT2D eigenvalue weighted by molar-refractivity contribution is 0.0938. The van der Waals surface area contributed by atoms with Crippen LogP contribution in [0.5, 0.6) is 0 Å². The lowest BCUT2D eigenvalue weighted by Crippen LogP contribution is -2.47. The number of rotatable bonds is 4. The SMILES string of the molecule is Cn1cc(C(=O)NNC(=O)NCCc2cccs2)c2ccccc21. The number of para-hydroxylation sites is 1. The lowest BCUT2D eigenvalue weighted by atomic mass is 10.2. The second-order valence-corrected chi connectivity index (χ2v) is 6.37. The van der Waals surface area contributed by atoms with Crippen molar-refractivity contribution in [1.82, 2.24) is 20.7 Å². The summed E-state index contributed by atoms with van der Waals surface area (Å²) in [5.41, 5.74) is 6.30. The molecule has 3 N–H and O–H groups in total. The van der Waals surface area contributed by atoms with Gasteiger partial charge in [0, 0.05) is 35.6 Å². The van der Waals surface area contributed by atoms with Crippen LogP contribution in [0.1, 0.15) is 15.2 Å². The average Bonchev–Trinajstić information content (AvgIpc) is 3.21. The van der Waals surface area contributed by atoms with Crippen molar-refractivity contribution in [1.29, 1.82) is 0 Å². The average molecular weight is 342 g/mol. The van der Waals surface area contributed by atoms with Crippen molar-refractivity contribution in [2.75, 3.05) is 6.54 Å². The molecule has 0 saturated heterocycles. The summed E-state index contributed by atoms with van der Waals surface area (Å²) in [5.74, 6) is -0.347. The minimum Gasteiger partial charge on any atom is -0.350 e. The maximum Gasteiger partial charge on any atom is 0.333 e. The Labute approximate surface area is 143 Å². The Hall–Kier alpha value is -2.80. The number of hydrogen-bond acceptors (Lipinski definition) is 3. The van der Waals surface area contributed by atoms with Crippen molar-refractivity contribution in [2.45, 2.75) is 6.42 Å². The van der Waals surface area contributed by atoms with Crippen molar-refractivity contribution < 1.29 is 9.59 Å². The van der Waals surface area contributed by atoms with E-state index in [-0.39, 0.29) is 5.91 Å². The molecule has 0 spiro atoms. The van der Waals surface area contributed by atoms with E-state index in [4.69, 9.17) is 0 Å². The second kappa shape index (κ2) is 7.18. The number of aromatic nitrogens is 1. The van der Waals surface area contributed by atoms with Crippen LogP contribution < -0.4 is 16.2 Å². The van der Waals surface area contributed by atoms with E-state index in [2.05, 4.69) is 16.2 Å². The molecule has 24 heavy (non-hydrogen) atoms. The van der Waals surface area contributed by atoms with E-state index < -0.39 is 6.03 Å². The van der Waals surface area contributed by atoms with Gasteiger partial charge in [-0.3, -0.25) is 10.2 Å². The topological polar surface area (TPSA) is 75.2 Å².